The van der Waals surface area contributed by atoms with E-state index in [4.69, 9.17) is 20.8 Å². The van der Waals surface area contributed by atoms with Crippen LogP contribution in [-0.2, 0) is 9.53 Å². The van der Waals surface area contributed by atoms with Gasteiger partial charge in [0.05, 0.1) is 13.2 Å². The molecule has 2 heterocycles. The number of nitrogens with zero attached hydrogens (tertiary/aromatic N) is 2. The lowest BCUT2D eigenvalue weighted by Crippen LogP contribution is -2.51. The minimum absolute atomic E-state index is 0.222. The van der Waals surface area contributed by atoms with Crippen molar-refractivity contribution in [3.05, 3.63) is 63.2 Å². The Hall–Kier alpha value is -2.84. The number of benzene rings is 1. The van der Waals surface area contributed by atoms with Crippen LogP contribution < -0.4 is 5.63 Å². The van der Waals surface area contributed by atoms with Crippen LogP contribution in [-0.4, -0.2) is 60.1 Å². The van der Waals surface area contributed by atoms with Gasteiger partial charge in [0.25, 0.3) is 5.91 Å². The quantitative estimate of drug-likeness (QED) is 0.771. The van der Waals surface area contributed by atoms with E-state index in [0.717, 1.165) is 17.7 Å². The van der Waals surface area contributed by atoms with Crippen molar-refractivity contribution in [2.75, 3.05) is 33.3 Å². The molecule has 9 heteroatoms. The van der Waals surface area contributed by atoms with Crippen LogP contribution in [0.1, 0.15) is 22.2 Å². The molecule has 0 bridgehead atoms. The van der Waals surface area contributed by atoms with E-state index in [1.807, 2.05) is 4.90 Å². The number of rotatable bonds is 4. The van der Waals surface area contributed by atoms with Crippen molar-refractivity contribution >= 4 is 23.5 Å². The molecule has 1 atom stereocenters. The van der Waals surface area contributed by atoms with Crippen LogP contribution in [0.25, 0.3) is 0 Å². The monoisotopic (exact) mass is 406 g/mol. The van der Waals surface area contributed by atoms with E-state index in [2.05, 4.69) is 0 Å². The molecule has 0 spiro atoms. The van der Waals surface area contributed by atoms with E-state index in [1.165, 1.54) is 12.0 Å². The highest BCUT2D eigenvalue weighted by Gasteiger charge is 2.33. The van der Waals surface area contributed by atoms with E-state index in [0.29, 0.717) is 31.2 Å². The van der Waals surface area contributed by atoms with Crippen molar-refractivity contribution < 1.29 is 23.8 Å². The van der Waals surface area contributed by atoms with Gasteiger partial charge in [-0.1, -0.05) is 23.7 Å². The van der Waals surface area contributed by atoms with Gasteiger partial charge in [0.2, 0.25) is 0 Å². The topological polar surface area (TPSA) is 100 Å². The first-order chi connectivity index (χ1) is 13.4. The molecule has 1 saturated heterocycles. The molecule has 1 aliphatic rings. The highest BCUT2D eigenvalue weighted by Crippen LogP contribution is 2.25. The zero-order valence-electron chi connectivity index (χ0n) is 15.1. The second-order valence-electron chi connectivity index (χ2n) is 6.30. The van der Waals surface area contributed by atoms with E-state index in [9.17, 15) is 19.5 Å². The van der Waals surface area contributed by atoms with Crippen LogP contribution >= 0.6 is 11.6 Å². The van der Waals surface area contributed by atoms with Crippen molar-refractivity contribution in [1.82, 2.24) is 9.80 Å². The number of methoxy groups -OCH3 is 1. The fourth-order valence-corrected chi connectivity index (χ4v) is 3.29. The van der Waals surface area contributed by atoms with Crippen LogP contribution in [0, 0.1) is 0 Å². The number of ether oxygens (including phenoxy) is 1. The van der Waals surface area contributed by atoms with Gasteiger partial charge in [-0.25, -0.2) is 9.59 Å². The van der Waals surface area contributed by atoms with Gasteiger partial charge in [-0.05, 0) is 17.7 Å². The number of carbonyl (C=O) groups excluding carboxylic acids is 2. The van der Waals surface area contributed by atoms with E-state index in [1.54, 1.807) is 24.3 Å². The summed E-state index contributed by atoms with van der Waals surface area (Å²) in [4.78, 5) is 39.7. The Morgan fingerprint density at radius 1 is 1.14 bits per heavy atom. The van der Waals surface area contributed by atoms with Crippen LogP contribution in [0.5, 0.6) is 5.75 Å². The first kappa shape index (κ1) is 19.9. The molecule has 1 aromatic heterocycles. The number of piperazine rings is 1. The molecule has 1 unspecified atom stereocenters. The number of carbonyl (C=O) groups is 2. The maximum Gasteiger partial charge on any atom is 0.340 e. The summed E-state index contributed by atoms with van der Waals surface area (Å²) in [6.07, 6.45) is 0. The molecule has 1 aliphatic heterocycles. The molecular formula is C19H19ClN2O6. The first-order valence-corrected chi connectivity index (χ1v) is 8.97. The molecule has 28 heavy (non-hydrogen) atoms. The predicted octanol–water partition coefficient (Wildman–Crippen LogP) is 1.67. The summed E-state index contributed by atoms with van der Waals surface area (Å²) < 4.78 is 9.83. The van der Waals surface area contributed by atoms with Gasteiger partial charge in [-0.15, -0.1) is 0 Å². The highest BCUT2D eigenvalue weighted by atomic mass is 35.5. The van der Waals surface area contributed by atoms with Gasteiger partial charge in [0.1, 0.15) is 11.8 Å². The van der Waals surface area contributed by atoms with Crippen molar-refractivity contribution in [2.24, 2.45) is 0 Å². The second-order valence-corrected chi connectivity index (χ2v) is 6.74. The SMILES string of the molecule is COC(=O)C(c1ccc(Cl)cc1)N1CCN(C(=O)c2cc(O)cc(=O)o2)CC1. The average Bonchev–Trinajstić information content (AvgIpc) is 2.68. The Kier molecular flexibility index (Phi) is 6.01. The summed E-state index contributed by atoms with van der Waals surface area (Å²) in [5.41, 5.74) is -0.0505. The summed E-state index contributed by atoms with van der Waals surface area (Å²) in [5, 5.41) is 10.1. The summed E-state index contributed by atoms with van der Waals surface area (Å²) in [6, 6.07) is 8.33. The third-order valence-electron chi connectivity index (χ3n) is 4.54. The standard InChI is InChI=1S/C19H19ClN2O6/c1-27-19(26)17(12-2-4-13(20)5-3-12)21-6-8-22(9-7-21)18(25)15-10-14(23)11-16(24)28-15/h2-5,10-11,17,23H,6-9H2,1H3. The average molecular weight is 407 g/mol. The molecule has 0 aliphatic carbocycles. The highest BCUT2D eigenvalue weighted by molar-refractivity contribution is 6.30. The Morgan fingerprint density at radius 2 is 1.79 bits per heavy atom. The number of aromatic hydroxyl groups is 1. The maximum absolute atomic E-state index is 12.5. The zero-order chi connectivity index (χ0) is 20.3. The number of amides is 1. The number of hydrogen-bond acceptors (Lipinski definition) is 7. The van der Waals surface area contributed by atoms with E-state index < -0.39 is 23.5 Å². The summed E-state index contributed by atoms with van der Waals surface area (Å²) in [6.45, 7) is 1.47. The summed E-state index contributed by atoms with van der Waals surface area (Å²) in [7, 11) is 1.33. The van der Waals surface area contributed by atoms with Gasteiger partial charge in [-0.3, -0.25) is 9.69 Å². The Balaban J connectivity index is 1.73. The smallest absolute Gasteiger partial charge is 0.340 e. The third-order valence-corrected chi connectivity index (χ3v) is 4.79. The van der Waals surface area contributed by atoms with Gasteiger partial charge in [-0.2, -0.15) is 0 Å². The fraction of sp³-hybridized carbons (Fsp3) is 0.316. The van der Waals surface area contributed by atoms with Crippen LogP contribution in [0.4, 0.5) is 0 Å². The normalized spacial score (nSPS) is 15.9. The van der Waals surface area contributed by atoms with Crippen molar-refractivity contribution in [3.63, 3.8) is 0 Å². The lowest BCUT2D eigenvalue weighted by Gasteiger charge is -2.38. The maximum atomic E-state index is 12.5. The Labute approximate surface area is 165 Å². The van der Waals surface area contributed by atoms with E-state index >= 15 is 0 Å². The van der Waals surface area contributed by atoms with Crippen LogP contribution in [0.2, 0.25) is 5.02 Å². The molecule has 1 fully saturated rings. The van der Waals surface area contributed by atoms with Crippen LogP contribution in [0.3, 0.4) is 0 Å². The molecule has 2 aromatic rings. The molecule has 148 valence electrons. The third kappa shape index (κ3) is 4.35. The van der Waals surface area contributed by atoms with Gasteiger partial charge < -0.3 is 19.2 Å². The predicted molar refractivity (Wildman–Crippen MR) is 100 cm³/mol. The van der Waals surface area contributed by atoms with Gasteiger partial charge in [0, 0.05) is 37.3 Å². The number of hydrogen-bond donors (Lipinski definition) is 1. The molecule has 0 saturated carbocycles. The molecule has 1 amide bonds. The van der Waals surface area contributed by atoms with Gasteiger partial charge in [0.15, 0.2) is 5.76 Å². The summed E-state index contributed by atoms with van der Waals surface area (Å²) >= 11 is 5.93. The lowest BCUT2D eigenvalue weighted by atomic mass is 10.0. The molecule has 8 nitrogen and oxygen atoms in total. The van der Waals surface area contributed by atoms with E-state index in [-0.39, 0.29) is 11.5 Å². The minimum atomic E-state index is -0.796. The second kappa shape index (κ2) is 8.45. The number of halogens is 1. The minimum Gasteiger partial charge on any atom is -0.508 e. The van der Waals surface area contributed by atoms with Crippen molar-refractivity contribution in [1.29, 1.82) is 0 Å². The molecule has 0 radical (unpaired) electrons. The lowest BCUT2D eigenvalue weighted by molar-refractivity contribution is -0.148. The Morgan fingerprint density at radius 3 is 2.36 bits per heavy atom. The van der Waals surface area contributed by atoms with Gasteiger partial charge >= 0.3 is 11.6 Å². The molecule has 1 aromatic carbocycles. The molecule has 3 rings (SSSR count). The fourth-order valence-electron chi connectivity index (χ4n) is 3.16. The molecular weight excluding hydrogens is 388 g/mol. The largest absolute Gasteiger partial charge is 0.508 e. The summed E-state index contributed by atoms with van der Waals surface area (Å²) in [5.74, 6) is -1.44. The Bertz CT molecular complexity index is 919. The molecule has 1 N–H and O–H groups in total. The number of esters is 1. The van der Waals surface area contributed by atoms with Crippen molar-refractivity contribution in [3.8, 4) is 5.75 Å². The van der Waals surface area contributed by atoms with Crippen LogP contribution in [0.15, 0.2) is 45.6 Å². The zero-order valence-corrected chi connectivity index (χ0v) is 15.9. The van der Waals surface area contributed by atoms with Crippen molar-refractivity contribution in [2.45, 2.75) is 6.04 Å². The first-order valence-electron chi connectivity index (χ1n) is 8.60.